The molecule has 3 amide bonds. The SMILES string of the molecule is CCCNC(=O)c1ccc(C)c(N(C(=O)OCOC(=O)CCC(=O)O)c2ncnn3cc(C(=O)NC4CC4)c(C)c23)c1. The standard InChI is InChI=1S/C28H32N6O8/c1-4-11-29-26(38)18-6-5-16(2)21(12-18)34(28(40)42-15-41-23(37)10-9-22(35)36)25-24-17(3)20(13-33(24)31-14-30-25)27(39)32-19-7-8-19/h5-6,12-14,19H,4,7-11,15H2,1-3H3,(H,29,38)(H,32,39)(H,35,36). The van der Waals surface area contributed by atoms with Crippen molar-refractivity contribution in [3.8, 4) is 0 Å². The molecule has 2 heterocycles. The van der Waals surface area contributed by atoms with Crippen LogP contribution < -0.4 is 15.5 Å². The molecule has 3 aromatic rings. The van der Waals surface area contributed by atoms with Crippen LogP contribution in [0.25, 0.3) is 5.52 Å². The van der Waals surface area contributed by atoms with E-state index in [1.54, 1.807) is 32.2 Å². The number of anilines is 2. The molecule has 0 aliphatic heterocycles. The van der Waals surface area contributed by atoms with Crippen LogP contribution in [0.15, 0.2) is 30.7 Å². The quantitative estimate of drug-likeness (QED) is 0.213. The number of hydrogen-bond donors (Lipinski definition) is 3. The Labute approximate surface area is 241 Å². The lowest BCUT2D eigenvalue weighted by Crippen LogP contribution is -2.31. The molecule has 14 heteroatoms. The molecular weight excluding hydrogens is 548 g/mol. The number of ether oxygens (including phenoxy) is 2. The number of carboxylic acids is 1. The Kier molecular flexibility index (Phi) is 9.35. The maximum Gasteiger partial charge on any atom is 0.423 e. The topological polar surface area (TPSA) is 182 Å². The summed E-state index contributed by atoms with van der Waals surface area (Å²) in [5, 5.41) is 18.7. The van der Waals surface area contributed by atoms with Gasteiger partial charge in [-0.3, -0.25) is 19.2 Å². The van der Waals surface area contributed by atoms with Gasteiger partial charge in [-0.15, -0.1) is 0 Å². The third-order valence-electron chi connectivity index (χ3n) is 6.55. The maximum absolute atomic E-state index is 13.6. The fourth-order valence-corrected chi connectivity index (χ4v) is 4.15. The first-order chi connectivity index (χ1) is 20.1. The van der Waals surface area contributed by atoms with Crippen LogP contribution in [0.5, 0.6) is 0 Å². The van der Waals surface area contributed by atoms with E-state index in [9.17, 15) is 24.0 Å². The van der Waals surface area contributed by atoms with Crippen LogP contribution in [0.3, 0.4) is 0 Å². The molecule has 1 aromatic carbocycles. The van der Waals surface area contributed by atoms with Crippen LogP contribution in [0.2, 0.25) is 0 Å². The van der Waals surface area contributed by atoms with Crippen LogP contribution in [-0.2, 0) is 19.1 Å². The number of aliphatic carboxylic acids is 1. The average molecular weight is 581 g/mol. The van der Waals surface area contributed by atoms with Crippen LogP contribution in [0, 0.1) is 13.8 Å². The molecule has 1 saturated carbocycles. The molecule has 3 N–H and O–H groups in total. The molecule has 0 bridgehead atoms. The van der Waals surface area contributed by atoms with Crippen molar-refractivity contribution in [1.82, 2.24) is 25.2 Å². The monoisotopic (exact) mass is 580 g/mol. The number of esters is 1. The van der Waals surface area contributed by atoms with Crippen LogP contribution >= 0.6 is 0 Å². The minimum atomic E-state index is -1.17. The van der Waals surface area contributed by atoms with E-state index in [0.717, 1.165) is 24.2 Å². The summed E-state index contributed by atoms with van der Waals surface area (Å²) in [6, 6.07) is 4.92. The van der Waals surface area contributed by atoms with Gasteiger partial charge in [0, 0.05) is 24.3 Å². The van der Waals surface area contributed by atoms with E-state index in [2.05, 4.69) is 20.7 Å². The van der Waals surface area contributed by atoms with Crippen molar-refractivity contribution in [2.45, 2.75) is 58.9 Å². The second-order valence-electron chi connectivity index (χ2n) is 9.82. The number of carbonyl (C=O) groups is 5. The second kappa shape index (κ2) is 13.1. The molecule has 1 fully saturated rings. The zero-order valence-electron chi connectivity index (χ0n) is 23.5. The summed E-state index contributed by atoms with van der Waals surface area (Å²) in [7, 11) is 0. The van der Waals surface area contributed by atoms with E-state index in [4.69, 9.17) is 14.6 Å². The number of nitrogens with one attached hydrogen (secondary N) is 2. The first kappa shape index (κ1) is 30.0. The van der Waals surface area contributed by atoms with E-state index in [0.29, 0.717) is 28.8 Å². The number of hydrogen-bond acceptors (Lipinski definition) is 9. The van der Waals surface area contributed by atoms with Crippen LogP contribution in [0.4, 0.5) is 16.3 Å². The fraction of sp³-hybridized carbons (Fsp3) is 0.393. The molecule has 0 atom stereocenters. The number of rotatable bonds is 12. The maximum atomic E-state index is 13.6. The summed E-state index contributed by atoms with van der Waals surface area (Å²) in [6.07, 6.45) is 3.47. The van der Waals surface area contributed by atoms with Crippen molar-refractivity contribution in [3.63, 3.8) is 0 Å². The number of amides is 3. The number of carboxylic acid groups (broad SMARTS) is 1. The Morgan fingerprint density at radius 2 is 1.86 bits per heavy atom. The highest BCUT2D eigenvalue weighted by Crippen LogP contribution is 2.34. The molecule has 42 heavy (non-hydrogen) atoms. The third kappa shape index (κ3) is 7.00. The summed E-state index contributed by atoms with van der Waals surface area (Å²) >= 11 is 0. The Balaban J connectivity index is 1.73. The number of aryl methyl sites for hydroxylation is 2. The third-order valence-corrected chi connectivity index (χ3v) is 6.55. The first-order valence-corrected chi connectivity index (χ1v) is 13.5. The van der Waals surface area contributed by atoms with Gasteiger partial charge >= 0.3 is 18.0 Å². The summed E-state index contributed by atoms with van der Waals surface area (Å²) in [5.74, 6) is -2.59. The molecule has 0 radical (unpaired) electrons. The molecule has 0 spiro atoms. The van der Waals surface area contributed by atoms with Gasteiger partial charge in [0.25, 0.3) is 11.8 Å². The van der Waals surface area contributed by atoms with Crippen molar-refractivity contribution in [3.05, 3.63) is 53.0 Å². The number of nitrogens with zero attached hydrogens (tertiary/aromatic N) is 4. The molecule has 222 valence electrons. The van der Waals surface area contributed by atoms with Crippen molar-refractivity contribution in [1.29, 1.82) is 0 Å². The van der Waals surface area contributed by atoms with Gasteiger partial charge in [-0.1, -0.05) is 13.0 Å². The molecule has 1 aliphatic carbocycles. The molecule has 4 rings (SSSR count). The fourth-order valence-electron chi connectivity index (χ4n) is 4.15. The van der Waals surface area contributed by atoms with Gasteiger partial charge < -0.3 is 25.2 Å². The summed E-state index contributed by atoms with van der Waals surface area (Å²) in [6.45, 7) is 5.03. The highest BCUT2D eigenvalue weighted by molar-refractivity contribution is 6.05. The summed E-state index contributed by atoms with van der Waals surface area (Å²) in [5.41, 5.74) is 2.33. The Morgan fingerprint density at radius 1 is 1.10 bits per heavy atom. The highest BCUT2D eigenvalue weighted by Gasteiger charge is 2.30. The highest BCUT2D eigenvalue weighted by atomic mass is 16.7. The molecule has 0 saturated heterocycles. The van der Waals surface area contributed by atoms with Gasteiger partial charge in [-0.2, -0.15) is 5.10 Å². The minimum Gasteiger partial charge on any atom is -0.481 e. The first-order valence-electron chi connectivity index (χ1n) is 13.5. The molecular formula is C28H32N6O8. The van der Waals surface area contributed by atoms with Gasteiger partial charge in [-0.05, 0) is 56.4 Å². The molecule has 0 unspecified atom stereocenters. The Bertz CT molecular complexity index is 1530. The predicted octanol–water partition coefficient (Wildman–Crippen LogP) is 3.02. The smallest absolute Gasteiger partial charge is 0.423 e. The number of aromatic nitrogens is 3. The normalized spacial score (nSPS) is 12.5. The second-order valence-corrected chi connectivity index (χ2v) is 9.82. The lowest BCUT2D eigenvalue weighted by Gasteiger charge is -2.24. The largest absolute Gasteiger partial charge is 0.481 e. The zero-order chi connectivity index (χ0) is 30.4. The van der Waals surface area contributed by atoms with E-state index in [1.807, 2.05) is 6.92 Å². The van der Waals surface area contributed by atoms with Crippen molar-refractivity contribution in [2.75, 3.05) is 18.2 Å². The Hall–Kier alpha value is -5.01. The van der Waals surface area contributed by atoms with Crippen molar-refractivity contribution in [2.24, 2.45) is 0 Å². The average Bonchev–Trinajstić information content (AvgIpc) is 3.71. The van der Waals surface area contributed by atoms with Gasteiger partial charge in [0.15, 0.2) is 5.82 Å². The molecule has 14 nitrogen and oxygen atoms in total. The van der Waals surface area contributed by atoms with E-state index in [-0.39, 0.29) is 34.9 Å². The van der Waals surface area contributed by atoms with Gasteiger partial charge in [0.05, 0.1) is 24.1 Å². The van der Waals surface area contributed by atoms with Crippen LogP contribution in [-0.4, -0.2) is 68.9 Å². The summed E-state index contributed by atoms with van der Waals surface area (Å²) in [4.78, 5) is 67.4. The van der Waals surface area contributed by atoms with Gasteiger partial charge in [0.2, 0.25) is 6.79 Å². The van der Waals surface area contributed by atoms with Crippen LogP contribution in [0.1, 0.15) is 70.9 Å². The lowest BCUT2D eigenvalue weighted by molar-refractivity contribution is -0.154. The number of carbonyl (C=O) groups excluding carboxylic acids is 4. The minimum absolute atomic E-state index is 0.0596. The summed E-state index contributed by atoms with van der Waals surface area (Å²) < 4.78 is 11.6. The lowest BCUT2D eigenvalue weighted by atomic mass is 10.1. The molecule has 1 aliphatic rings. The van der Waals surface area contributed by atoms with Crippen molar-refractivity contribution < 1.29 is 38.6 Å². The van der Waals surface area contributed by atoms with Gasteiger partial charge in [-0.25, -0.2) is 19.2 Å². The zero-order valence-corrected chi connectivity index (χ0v) is 23.5. The van der Waals surface area contributed by atoms with E-state index < -0.39 is 37.7 Å². The van der Waals surface area contributed by atoms with E-state index >= 15 is 0 Å². The Morgan fingerprint density at radius 3 is 2.55 bits per heavy atom. The van der Waals surface area contributed by atoms with E-state index in [1.165, 1.54) is 16.9 Å². The number of benzene rings is 1. The van der Waals surface area contributed by atoms with Crippen molar-refractivity contribution >= 4 is 46.9 Å². The number of fused-ring (bicyclic) bond motifs is 1. The predicted molar refractivity (Wildman–Crippen MR) is 148 cm³/mol. The van der Waals surface area contributed by atoms with Gasteiger partial charge in [0.1, 0.15) is 11.8 Å². The molecule has 2 aromatic heterocycles.